The molecule has 0 aromatic rings. The fraction of sp³-hybridized carbons (Fsp3) is 0.812. The van der Waals surface area contributed by atoms with Gasteiger partial charge in [0.15, 0.2) is 12.2 Å². The lowest BCUT2D eigenvalue weighted by atomic mass is 9.94. The lowest BCUT2D eigenvalue weighted by Crippen LogP contribution is -2.55. The molecule has 0 unspecified atom stereocenters. The van der Waals surface area contributed by atoms with Crippen LogP contribution in [0.1, 0.15) is 52.4 Å². The van der Waals surface area contributed by atoms with E-state index in [-0.39, 0.29) is 17.9 Å². The molecule has 8 heteroatoms. The van der Waals surface area contributed by atoms with Crippen LogP contribution in [0.25, 0.3) is 0 Å². The first-order valence-electron chi connectivity index (χ1n) is 8.42. The van der Waals surface area contributed by atoms with Gasteiger partial charge in [-0.1, -0.05) is 33.1 Å². The number of amides is 2. The first-order chi connectivity index (χ1) is 11.2. The maximum atomic E-state index is 12.4. The van der Waals surface area contributed by atoms with Crippen molar-refractivity contribution >= 4 is 17.8 Å². The van der Waals surface area contributed by atoms with E-state index in [0.717, 1.165) is 32.1 Å². The first-order valence-corrected chi connectivity index (χ1v) is 8.42. The molecule has 138 valence electrons. The van der Waals surface area contributed by atoms with Gasteiger partial charge in [-0.25, -0.2) is 4.79 Å². The summed E-state index contributed by atoms with van der Waals surface area (Å²) in [5.41, 5.74) is 0. The van der Waals surface area contributed by atoms with Crippen LogP contribution in [0.2, 0.25) is 0 Å². The number of hydrogen-bond donors (Lipinski definition) is 5. The largest absolute Gasteiger partial charge is 0.479 e. The minimum atomic E-state index is -2.23. The number of carboxylic acids is 1. The second kappa shape index (κ2) is 9.58. The van der Waals surface area contributed by atoms with Crippen LogP contribution < -0.4 is 10.6 Å². The first kappa shape index (κ1) is 20.4. The van der Waals surface area contributed by atoms with Crippen molar-refractivity contribution in [2.45, 2.75) is 76.7 Å². The van der Waals surface area contributed by atoms with Crippen LogP contribution in [0.4, 0.5) is 0 Å². The van der Waals surface area contributed by atoms with Crippen molar-refractivity contribution in [3.8, 4) is 0 Å². The molecule has 0 heterocycles. The summed E-state index contributed by atoms with van der Waals surface area (Å²) in [7, 11) is 0. The Bertz CT molecular complexity index is 448. The lowest BCUT2D eigenvalue weighted by Gasteiger charge is -2.27. The van der Waals surface area contributed by atoms with Crippen molar-refractivity contribution in [3.05, 3.63) is 0 Å². The summed E-state index contributed by atoms with van der Waals surface area (Å²) in [5, 5.41) is 32.7. The second-order valence-corrected chi connectivity index (χ2v) is 6.76. The van der Waals surface area contributed by atoms with Gasteiger partial charge < -0.3 is 26.0 Å². The Morgan fingerprint density at radius 3 is 2.08 bits per heavy atom. The smallest absolute Gasteiger partial charge is 0.335 e. The molecule has 0 aliphatic heterocycles. The summed E-state index contributed by atoms with van der Waals surface area (Å²) in [6.45, 7) is 3.77. The highest BCUT2D eigenvalue weighted by molar-refractivity contribution is 5.92. The monoisotopic (exact) mass is 344 g/mol. The Labute approximate surface area is 141 Å². The van der Waals surface area contributed by atoms with E-state index >= 15 is 0 Å². The molecule has 0 spiro atoms. The number of rotatable bonds is 8. The number of hydrogen-bond acceptors (Lipinski definition) is 5. The van der Waals surface area contributed by atoms with Crippen LogP contribution in [-0.4, -0.2) is 57.4 Å². The van der Waals surface area contributed by atoms with E-state index in [9.17, 15) is 24.6 Å². The summed E-state index contributed by atoms with van der Waals surface area (Å²) in [6, 6.07) is -0.803. The maximum Gasteiger partial charge on any atom is 0.335 e. The van der Waals surface area contributed by atoms with E-state index in [1.54, 1.807) is 0 Å². The highest BCUT2D eigenvalue weighted by atomic mass is 16.4. The molecule has 5 N–H and O–H groups in total. The van der Waals surface area contributed by atoms with Crippen LogP contribution in [-0.2, 0) is 14.4 Å². The molecule has 1 aliphatic rings. The zero-order valence-corrected chi connectivity index (χ0v) is 14.2. The van der Waals surface area contributed by atoms with Gasteiger partial charge in [-0.3, -0.25) is 9.59 Å². The number of nitrogens with one attached hydrogen (secondary N) is 2. The van der Waals surface area contributed by atoms with Gasteiger partial charge in [-0.2, -0.15) is 0 Å². The van der Waals surface area contributed by atoms with Crippen LogP contribution in [0.5, 0.6) is 0 Å². The number of carbonyl (C=O) groups is 3. The molecule has 1 saturated carbocycles. The molecule has 1 aliphatic carbocycles. The van der Waals surface area contributed by atoms with Crippen LogP contribution in [0.3, 0.4) is 0 Å². The average Bonchev–Trinajstić information content (AvgIpc) is 2.53. The second-order valence-electron chi connectivity index (χ2n) is 6.76. The molecule has 0 bridgehead atoms. The van der Waals surface area contributed by atoms with Crippen molar-refractivity contribution in [2.24, 2.45) is 5.92 Å². The fourth-order valence-corrected chi connectivity index (χ4v) is 2.79. The number of aliphatic hydroxyl groups excluding tert-OH is 2. The summed E-state index contributed by atoms with van der Waals surface area (Å²) < 4.78 is 0. The Balaban J connectivity index is 2.67. The van der Waals surface area contributed by atoms with E-state index in [0.29, 0.717) is 6.42 Å². The summed E-state index contributed by atoms with van der Waals surface area (Å²) in [5.74, 6) is -3.02. The average molecular weight is 344 g/mol. The molecule has 1 rings (SSSR count). The molecule has 2 amide bonds. The Morgan fingerprint density at radius 1 is 1.00 bits per heavy atom. The summed E-state index contributed by atoms with van der Waals surface area (Å²) in [4.78, 5) is 35.0. The van der Waals surface area contributed by atoms with Crippen LogP contribution in [0.15, 0.2) is 0 Å². The van der Waals surface area contributed by atoms with Crippen LogP contribution >= 0.6 is 0 Å². The number of carbonyl (C=O) groups excluding carboxylic acids is 2. The molecule has 1 fully saturated rings. The summed E-state index contributed by atoms with van der Waals surface area (Å²) >= 11 is 0. The van der Waals surface area contributed by atoms with Gasteiger partial charge in [-0.05, 0) is 25.2 Å². The quantitative estimate of drug-likeness (QED) is 0.413. The zero-order chi connectivity index (χ0) is 18.3. The predicted octanol–water partition coefficient (Wildman–Crippen LogP) is -0.227. The number of carboxylic acid groups (broad SMARTS) is 1. The molecule has 0 aromatic carbocycles. The van der Waals surface area contributed by atoms with Gasteiger partial charge in [0.2, 0.25) is 5.91 Å². The van der Waals surface area contributed by atoms with Gasteiger partial charge in [0.1, 0.15) is 6.04 Å². The van der Waals surface area contributed by atoms with Crippen molar-refractivity contribution in [1.82, 2.24) is 10.6 Å². The number of aliphatic carboxylic acids is 1. The molecule has 8 nitrogen and oxygen atoms in total. The highest BCUT2D eigenvalue weighted by Gasteiger charge is 2.33. The van der Waals surface area contributed by atoms with E-state index < -0.39 is 30.1 Å². The van der Waals surface area contributed by atoms with Crippen molar-refractivity contribution in [1.29, 1.82) is 0 Å². The summed E-state index contributed by atoms with van der Waals surface area (Å²) in [6.07, 6.45) is 1.04. The minimum absolute atomic E-state index is 0.0762. The molecule has 0 saturated heterocycles. The fourth-order valence-electron chi connectivity index (χ4n) is 2.79. The minimum Gasteiger partial charge on any atom is -0.479 e. The Morgan fingerprint density at radius 2 is 1.58 bits per heavy atom. The van der Waals surface area contributed by atoms with E-state index in [4.69, 9.17) is 5.11 Å². The standard InChI is InChI=1S/C16H28N2O6/c1-9(2)8-11(14(21)17-10-6-4-3-5-7-10)18-15(22)12(19)13(20)16(23)24/h9-13,19-20H,3-8H2,1-2H3,(H,17,21)(H,18,22)(H,23,24)/t11-,12-,13-/m0/s1. The highest BCUT2D eigenvalue weighted by Crippen LogP contribution is 2.18. The van der Waals surface area contributed by atoms with Gasteiger partial charge in [0.25, 0.3) is 5.91 Å². The number of aliphatic hydroxyl groups is 2. The Hall–Kier alpha value is -1.67. The molecule has 3 atom stereocenters. The third kappa shape index (κ3) is 6.45. The van der Waals surface area contributed by atoms with Gasteiger partial charge >= 0.3 is 5.97 Å². The van der Waals surface area contributed by atoms with Crippen molar-refractivity contribution in [3.63, 3.8) is 0 Å². The van der Waals surface area contributed by atoms with Gasteiger partial charge in [-0.15, -0.1) is 0 Å². The molecule has 24 heavy (non-hydrogen) atoms. The van der Waals surface area contributed by atoms with Gasteiger partial charge in [0.05, 0.1) is 0 Å². The normalized spacial score (nSPS) is 19.4. The molecular weight excluding hydrogens is 316 g/mol. The molecule has 0 radical (unpaired) electrons. The van der Waals surface area contributed by atoms with Crippen molar-refractivity contribution < 1.29 is 29.7 Å². The predicted molar refractivity (Wildman–Crippen MR) is 86.1 cm³/mol. The SMILES string of the molecule is CC(C)C[C@H](NC(=O)[C@@H](O)[C@H](O)C(=O)O)C(=O)NC1CCCCC1. The third-order valence-electron chi connectivity index (χ3n) is 4.11. The van der Waals surface area contributed by atoms with Crippen LogP contribution in [0, 0.1) is 5.92 Å². The van der Waals surface area contributed by atoms with Crippen molar-refractivity contribution in [2.75, 3.05) is 0 Å². The topological polar surface area (TPSA) is 136 Å². The third-order valence-corrected chi connectivity index (χ3v) is 4.11. The maximum absolute atomic E-state index is 12.4. The molecular formula is C16H28N2O6. The zero-order valence-electron chi connectivity index (χ0n) is 14.2. The lowest BCUT2D eigenvalue weighted by molar-refractivity contribution is -0.158. The van der Waals surface area contributed by atoms with E-state index in [2.05, 4.69) is 10.6 Å². The van der Waals surface area contributed by atoms with E-state index in [1.807, 2.05) is 13.8 Å². The molecule has 0 aromatic heterocycles. The Kier molecular flexibility index (Phi) is 8.14. The van der Waals surface area contributed by atoms with E-state index in [1.165, 1.54) is 0 Å². The van der Waals surface area contributed by atoms with Gasteiger partial charge in [0, 0.05) is 6.04 Å².